The van der Waals surface area contributed by atoms with Crippen molar-refractivity contribution in [1.82, 2.24) is 15.0 Å². The van der Waals surface area contributed by atoms with Crippen LogP contribution < -0.4 is 30.1 Å². The molecule has 2 aromatic carbocycles. The molecule has 1 fully saturated rings. The average molecular weight is 2000 g/mol. The highest BCUT2D eigenvalue weighted by Gasteiger charge is 2.44. The Morgan fingerprint density at radius 2 is 0.824 bits per heavy atom. The lowest BCUT2D eigenvalue weighted by atomic mass is 9.85. The Morgan fingerprint density at radius 3 is 1.19 bits per heavy atom. The van der Waals surface area contributed by atoms with Gasteiger partial charge in [-0.25, -0.2) is 14.6 Å². The summed E-state index contributed by atoms with van der Waals surface area (Å²) in [5, 5.41) is 16.2. The molecule has 3 amide bonds. The van der Waals surface area contributed by atoms with Crippen LogP contribution in [0.5, 0.6) is 11.5 Å². The van der Waals surface area contributed by atoms with Gasteiger partial charge in [0.2, 0.25) is 11.3 Å². The number of rotatable bonds is 91. The largest absolute Gasteiger partial charge is 0.456 e. The van der Waals surface area contributed by atoms with Crippen LogP contribution in [0.1, 0.15) is 109 Å². The van der Waals surface area contributed by atoms with Gasteiger partial charge in [0.05, 0.1) is 333 Å². The van der Waals surface area contributed by atoms with E-state index in [0.717, 1.165) is 0 Å². The number of fused-ring (bicyclic) bond motifs is 4. The molecular weight excluding hydrogens is 1850 g/mol. The van der Waals surface area contributed by atoms with Gasteiger partial charge < -0.3 is 133 Å². The summed E-state index contributed by atoms with van der Waals surface area (Å²) in [4.78, 5) is 56.4. The third-order valence-corrected chi connectivity index (χ3v) is 21.8. The number of hydrogen-bond acceptors (Lipinski definition) is 37. The molecule has 40 nitrogen and oxygen atoms in total. The van der Waals surface area contributed by atoms with Crippen molar-refractivity contribution in [2.75, 3.05) is 354 Å². The molecule has 45 heteroatoms. The van der Waals surface area contributed by atoms with E-state index in [1.807, 2.05) is 43.2 Å². The second kappa shape index (κ2) is 73.3. The summed E-state index contributed by atoms with van der Waals surface area (Å²) < 4.78 is 228. The van der Waals surface area contributed by atoms with Crippen LogP contribution in [0.25, 0.3) is 16.7 Å². The van der Waals surface area contributed by atoms with E-state index < -0.39 is 56.5 Å². The monoisotopic (exact) mass is 1990 g/mol. The summed E-state index contributed by atoms with van der Waals surface area (Å²) in [6.45, 7) is 29.8. The van der Waals surface area contributed by atoms with Crippen LogP contribution in [-0.2, 0) is 157 Å². The summed E-state index contributed by atoms with van der Waals surface area (Å²) in [5.74, 6) is -3.17. The highest BCUT2D eigenvalue weighted by Crippen LogP contribution is 2.49. The molecule has 0 radical (unpaired) electrons. The standard InChI is InChI=1S/C91H147F3N4O36S2/c1-89(2)70-74(72-135-134-133-103)76-66-78-82(68-80(76)96(89)18-11-7-9-13-87(102)132-98-85(100)14-15-86(98)101)131-83-69-81-77(67-79(83)88(78)91(92,93)94)75(73-136(104,105)106)71-90(3,4)97(81)17-10-6-8-12-84(99)95-16-19-108-22-23-110-26-27-112-30-31-114-34-35-116-38-39-118-42-43-120-46-47-122-50-51-124-54-55-126-58-59-128-62-63-130-65-64-129-61-60-127-57-56-125-53-52-123-49-48-121-45-44-119-41-40-117-37-36-115-33-32-113-29-28-111-25-24-109-21-20-107-5/h66-71H,6-65,72-73H2,1-5H3,(H2-,95,99,103,104,105,106)/p+1. The first-order valence-electron chi connectivity index (χ1n) is 46.7. The Morgan fingerprint density at radius 1 is 0.456 bits per heavy atom. The zero-order chi connectivity index (χ0) is 97.7. The Kier molecular flexibility index (Phi) is 64.1. The number of carbonyl (C=O) groups excluding carboxylic acids is 4. The van der Waals surface area contributed by atoms with Crippen molar-refractivity contribution < 1.29 is 183 Å². The SMILES string of the molecule is COCCOCCOCCOCCOCCOCCOCCOCCOCCOCCOCCOCCOCCOCCOCCOCCOCCOCCOCCOCCOCCOCCOCCOCCNC(=O)CCCCC[N+]1=c2cc3c(cc2C(CS(=O)(=O)O)=CC1(C)C)=C(C(F)(F)F)c1cc2c(cc1O3)N(CCCCCC(=O)ON1C(=O)CCC1=O)C(C)(C)C=C2CSOOO. The molecule has 3 N–H and O–H groups in total. The van der Waals surface area contributed by atoms with Crippen molar-refractivity contribution in [2.45, 2.75) is 109 Å². The van der Waals surface area contributed by atoms with E-state index in [4.69, 9.17) is 133 Å². The summed E-state index contributed by atoms with van der Waals surface area (Å²) in [5.41, 5.74) is -1.32. The molecule has 4 aliphatic rings. The molecule has 4 heterocycles. The number of nitrogens with one attached hydrogen (secondary N) is 1. The Balaban J connectivity index is 0.664. The molecule has 0 saturated carbocycles. The van der Waals surface area contributed by atoms with Crippen LogP contribution in [0.2, 0.25) is 0 Å². The summed E-state index contributed by atoms with van der Waals surface area (Å²) in [6.07, 6.45) is 1.57. The number of halogens is 3. The first-order chi connectivity index (χ1) is 66.0. The van der Waals surface area contributed by atoms with Crippen LogP contribution in [-0.4, -0.2) is 413 Å². The maximum atomic E-state index is 15.9. The second-order valence-corrected chi connectivity index (χ2v) is 34.0. The van der Waals surface area contributed by atoms with E-state index in [0.29, 0.717) is 395 Å². The van der Waals surface area contributed by atoms with E-state index in [9.17, 15) is 32.1 Å². The summed E-state index contributed by atoms with van der Waals surface area (Å²) in [7, 11) is -3.05. The first kappa shape index (κ1) is 119. The molecular formula is C91H148F3N4O36S2+. The highest BCUT2D eigenvalue weighted by atomic mass is 32.2. The Bertz CT molecular complexity index is 3900. The number of unbranched alkanes of at least 4 members (excludes halogenated alkanes) is 4. The zero-order valence-corrected chi connectivity index (χ0v) is 81.5. The van der Waals surface area contributed by atoms with Gasteiger partial charge in [0.1, 0.15) is 23.8 Å². The average Bonchev–Trinajstić information content (AvgIpc) is 0.749. The van der Waals surface area contributed by atoms with E-state index in [2.05, 4.69) is 10.4 Å². The van der Waals surface area contributed by atoms with Crippen LogP contribution >= 0.6 is 12.0 Å². The van der Waals surface area contributed by atoms with Gasteiger partial charge >= 0.3 is 12.1 Å². The molecule has 0 atom stereocenters. The molecule has 0 aliphatic carbocycles. The van der Waals surface area contributed by atoms with Crippen molar-refractivity contribution in [3.05, 3.63) is 63.7 Å². The number of alkyl halides is 3. The lowest BCUT2D eigenvalue weighted by Crippen LogP contribution is -2.50. The number of anilines is 1. The van der Waals surface area contributed by atoms with E-state index in [1.54, 1.807) is 19.3 Å². The molecule has 0 spiro atoms. The van der Waals surface area contributed by atoms with Gasteiger partial charge in [-0.2, -0.15) is 21.6 Å². The number of hydroxylamine groups is 2. The van der Waals surface area contributed by atoms with Crippen molar-refractivity contribution in [3.8, 4) is 11.5 Å². The lowest BCUT2D eigenvalue weighted by Gasteiger charge is -2.44. The Hall–Kier alpha value is -5.76. The van der Waals surface area contributed by atoms with Crippen LogP contribution in [0.4, 0.5) is 18.9 Å². The number of imide groups is 1. The highest BCUT2D eigenvalue weighted by molar-refractivity contribution is 7.95. The van der Waals surface area contributed by atoms with Gasteiger partial charge in [0, 0.05) is 112 Å². The molecule has 6 rings (SSSR count). The van der Waals surface area contributed by atoms with Crippen LogP contribution in [0.15, 0.2) is 36.4 Å². The van der Waals surface area contributed by atoms with E-state index >= 15 is 13.2 Å². The summed E-state index contributed by atoms with van der Waals surface area (Å²) in [6, 6.07) is 5.68. The van der Waals surface area contributed by atoms with Gasteiger partial charge in [0.15, 0.2) is 5.54 Å². The van der Waals surface area contributed by atoms with E-state index in [1.165, 1.54) is 18.2 Å². The predicted octanol–water partition coefficient (Wildman–Crippen LogP) is 6.03. The van der Waals surface area contributed by atoms with Gasteiger partial charge in [-0.1, -0.05) is 17.5 Å². The minimum atomic E-state index is -4.99. The predicted molar refractivity (Wildman–Crippen MR) is 490 cm³/mol. The van der Waals surface area contributed by atoms with Gasteiger partial charge in [-0.3, -0.25) is 18.9 Å². The van der Waals surface area contributed by atoms with Crippen molar-refractivity contribution >= 4 is 68.3 Å². The molecule has 780 valence electrons. The number of amides is 3. The maximum Gasteiger partial charge on any atom is 0.417 e. The number of benzene rings is 2. The van der Waals surface area contributed by atoms with Gasteiger partial charge in [-0.15, -0.1) is 9.40 Å². The van der Waals surface area contributed by atoms with Crippen molar-refractivity contribution in [2.24, 2.45) is 0 Å². The fourth-order valence-corrected chi connectivity index (χ4v) is 15.2. The smallest absolute Gasteiger partial charge is 0.417 e. The number of hydrogen-bond donors (Lipinski definition) is 3. The maximum absolute atomic E-state index is 15.9. The third kappa shape index (κ3) is 52.3. The third-order valence-electron chi connectivity index (χ3n) is 20.5. The molecule has 4 aliphatic heterocycles. The van der Waals surface area contributed by atoms with Crippen molar-refractivity contribution in [3.63, 3.8) is 0 Å². The first-order valence-corrected chi connectivity index (χ1v) is 49.2. The Labute approximate surface area is 800 Å². The van der Waals surface area contributed by atoms with Crippen molar-refractivity contribution in [1.29, 1.82) is 0 Å². The molecule has 0 aromatic heterocycles. The lowest BCUT2D eigenvalue weighted by molar-refractivity contribution is -0.432. The topological polar surface area (TPSA) is 423 Å². The second-order valence-electron chi connectivity index (χ2n) is 31.9. The number of nitrogens with zero attached hydrogens (tertiary/aromatic N) is 3. The van der Waals surface area contributed by atoms with Gasteiger partial charge in [0.25, 0.3) is 21.9 Å². The van der Waals surface area contributed by atoms with Crippen LogP contribution in [0, 0.1) is 0 Å². The zero-order valence-electron chi connectivity index (χ0n) is 79.9. The molecule has 136 heavy (non-hydrogen) atoms. The minimum Gasteiger partial charge on any atom is -0.456 e. The van der Waals surface area contributed by atoms with Gasteiger partial charge in [-0.05, 0) is 68.9 Å². The number of ether oxygens (including phenoxy) is 25. The minimum absolute atomic E-state index is 0.0313. The fraction of sp³-hybridized carbons (Fsp3) is 0.769. The number of methoxy groups -OCH3 is 1. The van der Waals surface area contributed by atoms with E-state index in [-0.39, 0.29) is 83.9 Å². The molecule has 0 bridgehead atoms. The quantitative estimate of drug-likeness (QED) is 0.0129. The molecule has 1 saturated heterocycles. The molecule has 0 unspecified atom stereocenters. The van der Waals surface area contributed by atoms with Crippen LogP contribution in [0.3, 0.4) is 0 Å². The fourth-order valence-electron chi connectivity index (χ4n) is 14.1. The normalized spacial score (nSPS) is 14.6. The molecule has 2 aromatic rings. The summed E-state index contributed by atoms with van der Waals surface area (Å²) >= 11 is 0.708. The number of carbonyl (C=O) groups is 4.